The van der Waals surface area contributed by atoms with Crippen LogP contribution in [0, 0.1) is 11.8 Å². The van der Waals surface area contributed by atoms with Crippen LogP contribution in [0.2, 0.25) is 0 Å². The van der Waals surface area contributed by atoms with Gasteiger partial charge >= 0.3 is 5.97 Å². The van der Waals surface area contributed by atoms with Gasteiger partial charge in [-0.15, -0.1) is 0 Å². The fraction of sp³-hybridized carbons (Fsp3) is 0.500. The summed E-state index contributed by atoms with van der Waals surface area (Å²) in [7, 11) is 0. The normalized spacial score (nSPS) is 20.2. The number of nitrogens with two attached hydrogens (primary N) is 2. The second-order valence-corrected chi connectivity index (χ2v) is 16.8. The third kappa shape index (κ3) is 12.1. The number of anilines is 1. The molecule has 0 radical (unpaired) electrons. The number of primary amides is 1. The van der Waals surface area contributed by atoms with Gasteiger partial charge in [-0.25, -0.2) is 4.79 Å². The molecule has 336 valence electrons. The lowest BCUT2D eigenvalue weighted by Gasteiger charge is -2.36. The van der Waals surface area contributed by atoms with Gasteiger partial charge in [0.05, 0.1) is 17.9 Å². The molecule has 6 amide bonds. The van der Waals surface area contributed by atoms with Crippen LogP contribution < -0.4 is 38.1 Å². The first-order valence-electron chi connectivity index (χ1n) is 21.3. The first kappa shape index (κ1) is 48.6. The smallest absolute Gasteiger partial charge is 0.326 e. The number of hydrogen-bond acceptors (Lipinski definition) is 9. The summed E-state index contributed by atoms with van der Waals surface area (Å²) < 4.78 is 0. The summed E-state index contributed by atoms with van der Waals surface area (Å²) in [6.07, 6.45) is 5.53. The molecule has 1 saturated heterocycles. The van der Waals surface area contributed by atoms with E-state index in [0.29, 0.717) is 12.8 Å². The van der Waals surface area contributed by atoms with E-state index in [-0.39, 0.29) is 38.3 Å². The van der Waals surface area contributed by atoms with Crippen molar-refractivity contribution in [2.24, 2.45) is 23.3 Å². The molecule has 2 aliphatic rings. The molecular formula is C46H64N8O8. The van der Waals surface area contributed by atoms with Gasteiger partial charge in [-0.1, -0.05) is 92.1 Å². The maximum absolute atomic E-state index is 15.3. The second kappa shape index (κ2) is 22.2. The summed E-state index contributed by atoms with van der Waals surface area (Å²) in [5.41, 5.74) is 14.3. The van der Waals surface area contributed by atoms with Gasteiger partial charge in [0.15, 0.2) is 0 Å². The van der Waals surface area contributed by atoms with E-state index < -0.39 is 83.1 Å². The zero-order chi connectivity index (χ0) is 45.7. The van der Waals surface area contributed by atoms with E-state index >= 15 is 4.79 Å². The standard InChI is InChI=1S/C46H64N8O8/c1-7-29(5)39(53-38(56)25-47)42(59)51-36(24-31-16-9-8-10-17-31)43(60)54-26-33(41(58)49-30(6)40(57)50-35(44(61)62)20-21-37(48)55)46(23-22-28(4)15-13-14-27(2)3)32-18-11-12-19-34(32)52-45(46)54/h8-12,14,16-19,22,29-30,33,35-36,39,45,52H,7,13,15,20-21,23-26,47H2,1-6H3,(H2,48,55)(H,49,58)(H,50,57)(H,51,59)(H,53,56)(H,61,62)/b28-22-/t29-,30-,33+,35-,36-,39-,45+,46-/m0/s1. The average Bonchev–Trinajstić information content (AvgIpc) is 3.74. The number of carboxylic acid groups (broad SMARTS) is 1. The molecule has 0 unspecified atom stereocenters. The van der Waals surface area contributed by atoms with Gasteiger partial charge < -0.3 is 48.1 Å². The maximum Gasteiger partial charge on any atom is 0.326 e. The fourth-order valence-electron chi connectivity index (χ4n) is 8.24. The lowest BCUT2D eigenvalue weighted by atomic mass is 9.69. The lowest BCUT2D eigenvalue weighted by Crippen LogP contribution is -2.58. The maximum atomic E-state index is 15.3. The average molecular weight is 857 g/mol. The van der Waals surface area contributed by atoms with Gasteiger partial charge in [0.1, 0.15) is 30.3 Å². The van der Waals surface area contributed by atoms with Crippen LogP contribution in [0.4, 0.5) is 5.69 Å². The number of allylic oxidation sites excluding steroid dienone is 4. The zero-order valence-corrected chi connectivity index (χ0v) is 36.7. The Balaban J connectivity index is 1.79. The van der Waals surface area contributed by atoms with Gasteiger partial charge in [-0.3, -0.25) is 28.8 Å². The summed E-state index contributed by atoms with van der Waals surface area (Å²) in [5, 5.41) is 24.1. The van der Waals surface area contributed by atoms with Crippen LogP contribution in [-0.2, 0) is 45.4 Å². The quantitative estimate of drug-likeness (QED) is 0.0804. The summed E-state index contributed by atoms with van der Waals surface area (Å²) in [4.78, 5) is 95.0. The first-order valence-corrected chi connectivity index (χ1v) is 21.3. The highest BCUT2D eigenvalue weighted by Gasteiger charge is 2.63. The zero-order valence-electron chi connectivity index (χ0n) is 36.7. The Bertz CT molecular complexity index is 2020. The SMILES string of the molecule is CC[C@H](C)[C@H](NC(=O)CN)C(=O)N[C@@H](Cc1ccccc1)C(=O)N1C[C@H](C(=O)N[C@@H](C)C(=O)N[C@@H](CCC(N)=O)C(=O)O)[C@]2(C/C=C(/C)CCC=C(C)C)c3ccccc3N[C@H]12. The molecule has 62 heavy (non-hydrogen) atoms. The number of carbonyl (C=O) groups is 7. The van der Waals surface area contributed by atoms with E-state index in [2.05, 4.69) is 38.7 Å². The van der Waals surface area contributed by atoms with Crippen molar-refractivity contribution in [3.8, 4) is 0 Å². The molecule has 0 aromatic heterocycles. The Kier molecular flexibility index (Phi) is 17.4. The number of fused-ring (bicyclic) bond motifs is 3. The molecule has 0 bridgehead atoms. The minimum absolute atomic E-state index is 0.102. The molecule has 4 rings (SSSR count). The van der Waals surface area contributed by atoms with Gasteiger partial charge in [-0.2, -0.15) is 0 Å². The Morgan fingerprint density at radius 1 is 0.887 bits per heavy atom. The van der Waals surface area contributed by atoms with E-state index in [4.69, 9.17) is 11.5 Å². The second-order valence-electron chi connectivity index (χ2n) is 16.8. The van der Waals surface area contributed by atoms with Crippen molar-refractivity contribution in [3.63, 3.8) is 0 Å². The molecule has 2 aromatic rings. The van der Waals surface area contributed by atoms with E-state index in [1.807, 2.05) is 89.2 Å². The highest BCUT2D eigenvalue weighted by molar-refractivity contribution is 5.95. The van der Waals surface area contributed by atoms with Gasteiger partial charge in [0.25, 0.3) is 0 Å². The molecule has 16 nitrogen and oxygen atoms in total. The number of amides is 6. The number of aliphatic carboxylic acids is 1. The summed E-state index contributed by atoms with van der Waals surface area (Å²) >= 11 is 0. The van der Waals surface area contributed by atoms with Crippen molar-refractivity contribution in [1.29, 1.82) is 0 Å². The monoisotopic (exact) mass is 856 g/mol. The number of nitrogens with one attached hydrogen (secondary N) is 5. The van der Waals surface area contributed by atoms with Gasteiger partial charge in [0.2, 0.25) is 35.4 Å². The molecule has 2 aliphatic heterocycles. The van der Waals surface area contributed by atoms with Crippen molar-refractivity contribution in [3.05, 3.63) is 89.0 Å². The van der Waals surface area contributed by atoms with Crippen LogP contribution in [0.15, 0.2) is 77.9 Å². The molecule has 8 atom stereocenters. The van der Waals surface area contributed by atoms with Crippen LogP contribution in [0.3, 0.4) is 0 Å². The van der Waals surface area contributed by atoms with Crippen molar-refractivity contribution in [2.75, 3.05) is 18.4 Å². The number of carbonyl (C=O) groups excluding carboxylic acids is 6. The lowest BCUT2D eigenvalue weighted by molar-refractivity contribution is -0.142. The number of hydrogen-bond donors (Lipinski definition) is 8. The third-order valence-electron chi connectivity index (χ3n) is 11.9. The third-order valence-corrected chi connectivity index (χ3v) is 11.9. The molecule has 0 spiro atoms. The number of rotatable bonds is 22. The van der Waals surface area contributed by atoms with Gasteiger partial charge in [0, 0.05) is 25.1 Å². The molecule has 0 saturated carbocycles. The van der Waals surface area contributed by atoms with E-state index in [0.717, 1.165) is 35.2 Å². The van der Waals surface area contributed by atoms with Crippen LogP contribution in [0.1, 0.15) is 91.2 Å². The Morgan fingerprint density at radius 3 is 2.18 bits per heavy atom. The first-order chi connectivity index (χ1) is 29.4. The molecule has 0 aliphatic carbocycles. The summed E-state index contributed by atoms with van der Waals surface area (Å²) in [6.45, 7) is 10.8. The van der Waals surface area contributed by atoms with Crippen LogP contribution in [0.5, 0.6) is 0 Å². The largest absolute Gasteiger partial charge is 0.480 e. The predicted molar refractivity (Wildman–Crippen MR) is 236 cm³/mol. The number of para-hydroxylation sites is 1. The molecule has 10 N–H and O–H groups in total. The molecule has 1 fully saturated rings. The van der Waals surface area contributed by atoms with Crippen molar-refractivity contribution < 1.29 is 38.7 Å². The Labute approximate surface area is 364 Å². The molecule has 2 aromatic carbocycles. The highest BCUT2D eigenvalue weighted by atomic mass is 16.4. The van der Waals surface area contributed by atoms with E-state index in [1.165, 1.54) is 12.5 Å². The summed E-state index contributed by atoms with van der Waals surface area (Å²) in [5.74, 6) is -6.18. The van der Waals surface area contributed by atoms with Crippen molar-refractivity contribution in [1.82, 2.24) is 26.2 Å². The van der Waals surface area contributed by atoms with Gasteiger partial charge in [-0.05, 0) is 76.5 Å². The van der Waals surface area contributed by atoms with Crippen LogP contribution in [-0.4, -0.2) is 94.8 Å². The number of likely N-dealkylation sites (tertiary alicyclic amines) is 1. The Morgan fingerprint density at radius 2 is 1.55 bits per heavy atom. The number of benzene rings is 2. The number of nitrogens with zero attached hydrogens (tertiary/aromatic N) is 1. The Hall–Kier alpha value is -6.03. The molecular weight excluding hydrogens is 793 g/mol. The number of carboxylic acids is 1. The fourth-order valence-corrected chi connectivity index (χ4v) is 8.24. The van der Waals surface area contributed by atoms with E-state index in [1.54, 1.807) is 4.90 Å². The molecule has 2 heterocycles. The van der Waals surface area contributed by atoms with E-state index in [9.17, 15) is 33.9 Å². The minimum atomic E-state index is -1.42. The predicted octanol–water partition coefficient (Wildman–Crippen LogP) is 2.77. The minimum Gasteiger partial charge on any atom is -0.480 e. The summed E-state index contributed by atoms with van der Waals surface area (Å²) in [6, 6.07) is 12.0. The topological polar surface area (TPSA) is 255 Å². The van der Waals surface area contributed by atoms with Crippen LogP contribution >= 0.6 is 0 Å². The molecule has 16 heteroatoms. The van der Waals surface area contributed by atoms with Crippen molar-refractivity contribution >= 4 is 47.1 Å². The highest BCUT2D eigenvalue weighted by Crippen LogP contribution is 2.54. The van der Waals surface area contributed by atoms with Crippen molar-refractivity contribution in [2.45, 2.75) is 122 Å². The van der Waals surface area contributed by atoms with Crippen LogP contribution in [0.25, 0.3) is 0 Å².